The quantitative estimate of drug-likeness (QED) is 0.399. The highest BCUT2D eigenvalue weighted by molar-refractivity contribution is 7.99. The summed E-state index contributed by atoms with van der Waals surface area (Å²) in [6, 6.07) is 16.5. The normalized spacial score (nSPS) is 10.7. The number of hydrogen-bond donors (Lipinski definition) is 2. The van der Waals surface area contributed by atoms with Crippen molar-refractivity contribution < 1.29 is 0 Å². The lowest BCUT2D eigenvalue weighted by atomic mass is 10.1. The zero-order chi connectivity index (χ0) is 18.1. The average molecular weight is 394 g/mol. The predicted octanol–water partition coefficient (Wildman–Crippen LogP) is 4.16. The lowest BCUT2D eigenvalue weighted by molar-refractivity contribution is 0.402. The van der Waals surface area contributed by atoms with E-state index in [0.29, 0.717) is 5.11 Å². The van der Waals surface area contributed by atoms with Gasteiger partial charge in [-0.15, -0.1) is 11.8 Å². The van der Waals surface area contributed by atoms with E-state index in [2.05, 4.69) is 53.9 Å². The molecule has 2 aromatic rings. The monoisotopic (exact) mass is 393 g/mol. The summed E-state index contributed by atoms with van der Waals surface area (Å²) in [6.45, 7) is 2.51. The van der Waals surface area contributed by atoms with E-state index in [-0.39, 0.29) is 0 Å². The molecule has 134 valence electrons. The summed E-state index contributed by atoms with van der Waals surface area (Å²) in [4.78, 5) is 3.37. The van der Waals surface area contributed by atoms with Crippen molar-refractivity contribution in [3.05, 3.63) is 64.7 Å². The number of thioether (sulfide) groups is 1. The first-order chi connectivity index (χ1) is 12.0. The fraction of sp³-hybridized carbons (Fsp3) is 0.316. The molecule has 0 saturated heterocycles. The standard InChI is InChI=1S/C19H24ClN3S2/c1-23(2)14-16-5-3-15(4-6-16)13-22-19(24)21-11-12-25-18-9-7-17(20)8-10-18/h3-10H,11-14H2,1-2H3,(H2,21,22,24). The third-order valence-corrected chi connectivity index (χ3v) is 5.00. The SMILES string of the molecule is CN(C)Cc1ccc(CNC(=S)NCCSc2ccc(Cl)cc2)cc1. The Hall–Kier alpha value is -1.27. The van der Waals surface area contributed by atoms with Crippen molar-refractivity contribution in [2.45, 2.75) is 18.0 Å². The predicted molar refractivity (Wildman–Crippen MR) is 113 cm³/mol. The summed E-state index contributed by atoms with van der Waals surface area (Å²) < 4.78 is 0. The Morgan fingerprint density at radius 3 is 2.28 bits per heavy atom. The Balaban J connectivity index is 1.62. The average Bonchev–Trinajstić information content (AvgIpc) is 2.59. The van der Waals surface area contributed by atoms with Gasteiger partial charge in [-0.1, -0.05) is 35.9 Å². The summed E-state index contributed by atoms with van der Waals surface area (Å²) in [5.41, 5.74) is 2.54. The first-order valence-corrected chi connectivity index (χ1v) is 9.93. The van der Waals surface area contributed by atoms with E-state index in [1.54, 1.807) is 11.8 Å². The molecule has 0 amide bonds. The van der Waals surface area contributed by atoms with Crippen molar-refractivity contribution in [2.75, 3.05) is 26.4 Å². The van der Waals surface area contributed by atoms with Crippen molar-refractivity contribution >= 4 is 40.7 Å². The zero-order valence-corrected chi connectivity index (χ0v) is 17.0. The summed E-state index contributed by atoms with van der Waals surface area (Å²) in [7, 11) is 4.15. The molecule has 0 heterocycles. The number of rotatable bonds is 8. The second-order valence-electron chi connectivity index (χ2n) is 5.97. The molecule has 0 atom stereocenters. The lowest BCUT2D eigenvalue weighted by Crippen LogP contribution is -2.35. The van der Waals surface area contributed by atoms with Crippen LogP contribution in [0, 0.1) is 0 Å². The van der Waals surface area contributed by atoms with E-state index in [0.717, 1.165) is 30.4 Å². The zero-order valence-electron chi connectivity index (χ0n) is 14.6. The van der Waals surface area contributed by atoms with Crippen molar-refractivity contribution in [1.29, 1.82) is 0 Å². The second-order valence-corrected chi connectivity index (χ2v) is 7.98. The minimum atomic E-state index is 0.689. The molecular weight excluding hydrogens is 370 g/mol. The molecule has 0 aliphatic rings. The minimum absolute atomic E-state index is 0.689. The van der Waals surface area contributed by atoms with Gasteiger partial charge in [0.05, 0.1) is 0 Å². The highest BCUT2D eigenvalue weighted by atomic mass is 35.5. The summed E-state index contributed by atoms with van der Waals surface area (Å²) in [6.07, 6.45) is 0. The van der Waals surface area contributed by atoms with Gasteiger partial charge in [0.25, 0.3) is 0 Å². The van der Waals surface area contributed by atoms with E-state index in [1.165, 1.54) is 16.0 Å². The van der Waals surface area contributed by atoms with Gasteiger partial charge < -0.3 is 15.5 Å². The topological polar surface area (TPSA) is 27.3 Å². The van der Waals surface area contributed by atoms with Gasteiger partial charge in [0, 0.05) is 35.3 Å². The molecule has 0 bridgehead atoms. The first-order valence-electron chi connectivity index (χ1n) is 8.15. The van der Waals surface area contributed by atoms with E-state index in [1.807, 2.05) is 24.3 Å². The number of benzene rings is 2. The molecule has 0 radical (unpaired) electrons. The Morgan fingerprint density at radius 2 is 1.64 bits per heavy atom. The van der Waals surface area contributed by atoms with E-state index >= 15 is 0 Å². The molecule has 25 heavy (non-hydrogen) atoms. The van der Waals surface area contributed by atoms with Crippen molar-refractivity contribution in [3.8, 4) is 0 Å². The van der Waals surface area contributed by atoms with Gasteiger partial charge in [0.15, 0.2) is 5.11 Å². The molecule has 0 aliphatic heterocycles. The highest BCUT2D eigenvalue weighted by Gasteiger charge is 1.99. The molecule has 0 unspecified atom stereocenters. The van der Waals surface area contributed by atoms with Crippen LogP contribution in [0.5, 0.6) is 0 Å². The van der Waals surface area contributed by atoms with Crippen molar-refractivity contribution in [3.63, 3.8) is 0 Å². The maximum absolute atomic E-state index is 5.88. The molecule has 3 nitrogen and oxygen atoms in total. The van der Waals surface area contributed by atoms with Crippen LogP contribution in [0.15, 0.2) is 53.4 Å². The van der Waals surface area contributed by atoms with E-state index in [4.69, 9.17) is 23.8 Å². The van der Waals surface area contributed by atoms with Gasteiger partial charge in [0.2, 0.25) is 0 Å². The fourth-order valence-corrected chi connectivity index (χ4v) is 3.31. The van der Waals surface area contributed by atoms with Crippen LogP contribution in [0.3, 0.4) is 0 Å². The van der Waals surface area contributed by atoms with Crippen LogP contribution in [-0.2, 0) is 13.1 Å². The summed E-state index contributed by atoms with van der Waals surface area (Å²) in [5, 5.41) is 7.94. The van der Waals surface area contributed by atoms with Gasteiger partial charge in [-0.3, -0.25) is 0 Å². The molecule has 0 spiro atoms. The number of halogens is 1. The minimum Gasteiger partial charge on any atom is -0.362 e. The molecule has 0 aromatic heterocycles. The lowest BCUT2D eigenvalue weighted by Gasteiger charge is -2.12. The Morgan fingerprint density at radius 1 is 1.00 bits per heavy atom. The molecule has 2 rings (SSSR count). The maximum Gasteiger partial charge on any atom is 0.166 e. The van der Waals surface area contributed by atoms with Crippen LogP contribution >= 0.6 is 35.6 Å². The highest BCUT2D eigenvalue weighted by Crippen LogP contribution is 2.19. The van der Waals surface area contributed by atoms with Crippen LogP contribution in [0.2, 0.25) is 5.02 Å². The van der Waals surface area contributed by atoms with Crippen LogP contribution < -0.4 is 10.6 Å². The molecule has 0 fully saturated rings. The number of nitrogens with zero attached hydrogens (tertiary/aromatic N) is 1. The smallest absolute Gasteiger partial charge is 0.166 e. The molecule has 2 N–H and O–H groups in total. The molecule has 2 aromatic carbocycles. The van der Waals surface area contributed by atoms with Gasteiger partial charge >= 0.3 is 0 Å². The van der Waals surface area contributed by atoms with Gasteiger partial charge in [-0.2, -0.15) is 0 Å². The summed E-state index contributed by atoms with van der Waals surface area (Å²) >= 11 is 13.0. The Kier molecular flexibility index (Phi) is 8.55. The van der Waals surface area contributed by atoms with Crippen LogP contribution in [0.4, 0.5) is 0 Å². The third-order valence-electron chi connectivity index (χ3n) is 3.44. The Labute approximate surface area is 165 Å². The molecular formula is C19H24ClN3S2. The summed E-state index contributed by atoms with van der Waals surface area (Å²) in [5.74, 6) is 0.947. The van der Waals surface area contributed by atoms with Crippen molar-refractivity contribution in [2.24, 2.45) is 0 Å². The fourth-order valence-electron chi connectivity index (χ4n) is 2.24. The number of hydrogen-bond acceptors (Lipinski definition) is 3. The van der Waals surface area contributed by atoms with Crippen molar-refractivity contribution in [1.82, 2.24) is 15.5 Å². The maximum atomic E-state index is 5.88. The van der Waals surface area contributed by atoms with Crippen LogP contribution in [-0.4, -0.2) is 36.4 Å². The molecule has 0 aliphatic carbocycles. The van der Waals surface area contributed by atoms with E-state index < -0.39 is 0 Å². The first kappa shape index (κ1) is 20.0. The van der Waals surface area contributed by atoms with Gasteiger partial charge in [-0.25, -0.2) is 0 Å². The third kappa shape index (κ3) is 8.10. The van der Waals surface area contributed by atoms with Gasteiger partial charge in [-0.05, 0) is 61.7 Å². The largest absolute Gasteiger partial charge is 0.362 e. The van der Waals surface area contributed by atoms with Crippen LogP contribution in [0.1, 0.15) is 11.1 Å². The molecule has 0 saturated carbocycles. The Bertz CT molecular complexity index is 657. The van der Waals surface area contributed by atoms with E-state index in [9.17, 15) is 0 Å². The number of thiocarbonyl (C=S) groups is 1. The van der Waals surface area contributed by atoms with Crippen LogP contribution in [0.25, 0.3) is 0 Å². The van der Waals surface area contributed by atoms with Gasteiger partial charge in [0.1, 0.15) is 0 Å². The second kappa shape index (κ2) is 10.7. The number of nitrogens with one attached hydrogen (secondary N) is 2. The molecule has 6 heteroatoms.